The van der Waals surface area contributed by atoms with Crippen LogP contribution in [0.4, 0.5) is 0 Å². The van der Waals surface area contributed by atoms with Crippen LogP contribution in [0.1, 0.15) is 17.0 Å². The zero-order chi connectivity index (χ0) is 14.7. The topological polar surface area (TPSA) is 86.2 Å². The number of ether oxygens (including phenoxy) is 2. The summed E-state index contributed by atoms with van der Waals surface area (Å²) >= 11 is 0. The summed E-state index contributed by atoms with van der Waals surface area (Å²) in [5, 5.41) is 11.8. The fraction of sp³-hybridized carbons (Fsp3) is 0.286. The molecule has 0 radical (unpaired) electrons. The van der Waals surface area contributed by atoms with Crippen molar-refractivity contribution in [2.45, 2.75) is 13.5 Å². The lowest BCUT2D eigenvalue weighted by Crippen LogP contribution is -2.11. The molecule has 0 aliphatic heterocycles. The molecule has 0 saturated carbocycles. The molecular weight excluding hydrogens is 256 g/mol. The molecule has 0 aliphatic carbocycles. The van der Waals surface area contributed by atoms with Gasteiger partial charge in [0.2, 0.25) is 0 Å². The van der Waals surface area contributed by atoms with Crippen molar-refractivity contribution in [3.05, 3.63) is 41.2 Å². The van der Waals surface area contributed by atoms with Gasteiger partial charge in [-0.15, -0.1) is 0 Å². The number of nitrogen functional groups attached to an aromatic ring is 1. The summed E-state index contributed by atoms with van der Waals surface area (Å²) in [4.78, 5) is 0. The van der Waals surface area contributed by atoms with Crippen LogP contribution in [0.15, 0.2) is 24.3 Å². The predicted molar refractivity (Wildman–Crippen MR) is 76.3 cm³/mol. The predicted octanol–water partition coefficient (Wildman–Crippen LogP) is 1.60. The number of methoxy groups -OCH3 is 1. The van der Waals surface area contributed by atoms with Crippen molar-refractivity contribution in [2.75, 3.05) is 7.11 Å². The first-order chi connectivity index (χ1) is 9.49. The molecule has 0 atom stereocenters. The maximum absolute atomic E-state index is 7.49. The van der Waals surface area contributed by atoms with Crippen molar-refractivity contribution in [2.24, 2.45) is 12.8 Å². The highest BCUT2D eigenvalue weighted by Gasteiger charge is 2.07. The van der Waals surface area contributed by atoms with Gasteiger partial charge in [-0.05, 0) is 25.1 Å². The quantitative estimate of drug-likeness (QED) is 0.640. The van der Waals surface area contributed by atoms with Crippen LogP contribution < -0.4 is 15.2 Å². The van der Waals surface area contributed by atoms with Crippen LogP contribution in [0.25, 0.3) is 0 Å². The van der Waals surface area contributed by atoms with Crippen LogP contribution in [0.2, 0.25) is 0 Å². The van der Waals surface area contributed by atoms with E-state index in [-0.39, 0.29) is 5.84 Å². The number of aromatic nitrogens is 2. The first-order valence-electron chi connectivity index (χ1n) is 6.15. The molecule has 6 nitrogen and oxygen atoms in total. The van der Waals surface area contributed by atoms with Crippen LogP contribution in [0.5, 0.6) is 11.5 Å². The third-order valence-electron chi connectivity index (χ3n) is 2.91. The van der Waals surface area contributed by atoms with E-state index in [1.807, 2.05) is 20.0 Å². The van der Waals surface area contributed by atoms with Gasteiger partial charge in [-0.25, -0.2) is 0 Å². The summed E-state index contributed by atoms with van der Waals surface area (Å²) in [6.07, 6.45) is 0. The number of hydrogen-bond donors (Lipinski definition) is 2. The van der Waals surface area contributed by atoms with E-state index in [9.17, 15) is 0 Å². The Morgan fingerprint density at radius 3 is 2.55 bits per heavy atom. The standard InChI is InChI=1S/C14H18N4O2/c1-9-4-11(18(2)17-9)8-20-13-6-10(14(15)16)5-12(7-13)19-3/h4-7H,8H2,1-3H3,(H3,15,16). The largest absolute Gasteiger partial charge is 0.497 e. The fourth-order valence-electron chi connectivity index (χ4n) is 1.89. The second-order valence-corrected chi connectivity index (χ2v) is 4.50. The fourth-order valence-corrected chi connectivity index (χ4v) is 1.89. The summed E-state index contributed by atoms with van der Waals surface area (Å²) in [5.41, 5.74) is 7.98. The van der Waals surface area contributed by atoms with Gasteiger partial charge in [0.1, 0.15) is 23.9 Å². The van der Waals surface area contributed by atoms with Crippen molar-refractivity contribution < 1.29 is 9.47 Å². The summed E-state index contributed by atoms with van der Waals surface area (Å²) < 4.78 is 12.7. The first-order valence-corrected chi connectivity index (χ1v) is 6.15. The molecule has 20 heavy (non-hydrogen) atoms. The average Bonchev–Trinajstić information content (AvgIpc) is 2.74. The van der Waals surface area contributed by atoms with Crippen molar-refractivity contribution >= 4 is 5.84 Å². The molecule has 0 unspecified atom stereocenters. The molecule has 2 aromatic rings. The van der Waals surface area contributed by atoms with E-state index < -0.39 is 0 Å². The lowest BCUT2D eigenvalue weighted by Gasteiger charge is -2.10. The number of nitrogens with zero attached hydrogens (tertiary/aromatic N) is 2. The second kappa shape index (κ2) is 5.64. The van der Waals surface area contributed by atoms with Gasteiger partial charge in [-0.1, -0.05) is 0 Å². The molecule has 0 aliphatic rings. The van der Waals surface area contributed by atoms with Crippen molar-refractivity contribution in [3.8, 4) is 11.5 Å². The molecule has 0 spiro atoms. The summed E-state index contributed by atoms with van der Waals surface area (Å²) in [6, 6.07) is 7.14. The number of hydrogen-bond acceptors (Lipinski definition) is 4. The molecule has 106 valence electrons. The SMILES string of the molecule is COc1cc(OCc2cc(C)nn2C)cc(C(=N)N)c1. The Balaban J connectivity index is 2.18. The van der Waals surface area contributed by atoms with E-state index in [2.05, 4.69) is 5.10 Å². The van der Waals surface area contributed by atoms with Gasteiger partial charge in [0, 0.05) is 18.7 Å². The van der Waals surface area contributed by atoms with Crippen LogP contribution in [-0.4, -0.2) is 22.7 Å². The Morgan fingerprint density at radius 1 is 1.30 bits per heavy atom. The molecule has 6 heteroatoms. The van der Waals surface area contributed by atoms with E-state index in [0.29, 0.717) is 23.7 Å². The van der Waals surface area contributed by atoms with Crippen LogP contribution >= 0.6 is 0 Å². The minimum atomic E-state index is -0.0230. The normalized spacial score (nSPS) is 10.3. The van der Waals surface area contributed by atoms with Crippen LogP contribution in [0, 0.1) is 12.3 Å². The van der Waals surface area contributed by atoms with Gasteiger partial charge in [0.15, 0.2) is 0 Å². The Hall–Kier alpha value is -2.50. The minimum Gasteiger partial charge on any atom is -0.497 e. The molecule has 3 N–H and O–H groups in total. The molecule has 1 heterocycles. The average molecular weight is 274 g/mol. The summed E-state index contributed by atoms with van der Waals surface area (Å²) in [6.45, 7) is 2.32. The van der Waals surface area contributed by atoms with E-state index in [0.717, 1.165) is 11.4 Å². The Kier molecular flexibility index (Phi) is 3.93. The maximum atomic E-state index is 7.49. The molecule has 1 aromatic heterocycles. The molecule has 0 saturated heterocycles. The molecular formula is C14H18N4O2. The van der Waals surface area contributed by atoms with Crippen LogP contribution in [-0.2, 0) is 13.7 Å². The monoisotopic (exact) mass is 274 g/mol. The van der Waals surface area contributed by atoms with Crippen LogP contribution in [0.3, 0.4) is 0 Å². The van der Waals surface area contributed by atoms with E-state index in [1.165, 1.54) is 0 Å². The number of aryl methyl sites for hydroxylation is 2. The second-order valence-electron chi connectivity index (χ2n) is 4.50. The highest BCUT2D eigenvalue weighted by molar-refractivity contribution is 5.95. The van der Waals surface area contributed by atoms with Gasteiger partial charge < -0.3 is 15.2 Å². The smallest absolute Gasteiger partial charge is 0.130 e. The Labute approximate surface area is 117 Å². The summed E-state index contributed by atoms with van der Waals surface area (Å²) in [7, 11) is 3.44. The Bertz CT molecular complexity index is 634. The Morgan fingerprint density at radius 2 is 2.00 bits per heavy atom. The zero-order valence-corrected chi connectivity index (χ0v) is 11.8. The number of nitrogens with two attached hydrogens (primary N) is 1. The van der Waals surface area contributed by atoms with Gasteiger partial charge in [-0.2, -0.15) is 5.10 Å². The third-order valence-corrected chi connectivity index (χ3v) is 2.91. The number of benzene rings is 1. The molecule has 0 bridgehead atoms. The molecule has 1 aromatic carbocycles. The van der Waals surface area contributed by atoms with Crippen molar-refractivity contribution in [1.29, 1.82) is 5.41 Å². The highest BCUT2D eigenvalue weighted by atomic mass is 16.5. The maximum Gasteiger partial charge on any atom is 0.130 e. The first kappa shape index (κ1) is 13.9. The highest BCUT2D eigenvalue weighted by Crippen LogP contribution is 2.23. The van der Waals surface area contributed by atoms with Crippen molar-refractivity contribution in [3.63, 3.8) is 0 Å². The van der Waals surface area contributed by atoms with E-state index in [4.69, 9.17) is 20.6 Å². The number of nitrogens with one attached hydrogen (secondary N) is 1. The van der Waals surface area contributed by atoms with Gasteiger partial charge in [-0.3, -0.25) is 10.1 Å². The van der Waals surface area contributed by atoms with Gasteiger partial charge >= 0.3 is 0 Å². The van der Waals surface area contributed by atoms with E-state index in [1.54, 1.807) is 30.0 Å². The molecule has 0 amide bonds. The minimum absolute atomic E-state index is 0.0230. The third kappa shape index (κ3) is 3.09. The molecule has 0 fully saturated rings. The zero-order valence-electron chi connectivity index (χ0n) is 11.8. The van der Waals surface area contributed by atoms with E-state index >= 15 is 0 Å². The number of amidine groups is 1. The molecule has 2 rings (SSSR count). The van der Waals surface area contributed by atoms with Gasteiger partial charge in [0.05, 0.1) is 18.5 Å². The summed E-state index contributed by atoms with van der Waals surface area (Å²) in [5.74, 6) is 1.19. The van der Waals surface area contributed by atoms with Crippen molar-refractivity contribution in [1.82, 2.24) is 9.78 Å². The lowest BCUT2D eigenvalue weighted by atomic mass is 10.2. The van der Waals surface area contributed by atoms with Gasteiger partial charge in [0.25, 0.3) is 0 Å². The lowest BCUT2D eigenvalue weighted by molar-refractivity contribution is 0.292. The number of rotatable bonds is 5.